The number of hydrogen-bond acceptors (Lipinski definition) is 5. The van der Waals surface area contributed by atoms with Crippen LogP contribution in [0.2, 0.25) is 0 Å². The molecule has 9 heteroatoms. The second kappa shape index (κ2) is 11.6. The van der Waals surface area contributed by atoms with E-state index in [0.717, 1.165) is 11.0 Å². The first-order valence-electron chi connectivity index (χ1n) is 11.9. The maximum Gasteiger partial charge on any atom is 0.325 e. The molecule has 0 saturated carbocycles. The number of hydrogen-bond donors (Lipinski definition) is 3. The smallest absolute Gasteiger partial charge is 0.325 e. The van der Waals surface area contributed by atoms with Gasteiger partial charge in [-0.05, 0) is 41.5 Å². The SMILES string of the molecule is C#Cc1ccc(NC(=O)C([C@@H](C)c2ccccc2)N2C(=O)N[C@H](c3ccc(OCCO)cc3)C2=O)c(F)c1. The number of benzene rings is 3. The minimum atomic E-state index is -1.28. The molecule has 3 aromatic rings. The zero-order valence-corrected chi connectivity index (χ0v) is 20.6. The van der Waals surface area contributed by atoms with E-state index in [1.165, 1.54) is 12.1 Å². The number of halogens is 1. The molecule has 3 atom stereocenters. The summed E-state index contributed by atoms with van der Waals surface area (Å²) in [6.07, 6.45) is 5.32. The zero-order chi connectivity index (χ0) is 27.2. The van der Waals surface area contributed by atoms with Gasteiger partial charge in [0.25, 0.3) is 5.91 Å². The average molecular weight is 516 g/mol. The lowest BCUT2D eigenvalue weighted by Crippen LogP contribution is -2.50. The summed E-state index contributed by atoms with van der Waals surface area (Å²) in [5.41, 5.74) is 1.38. The molecule has 0 aliphatic carbocycles. The topological polar surface area (TPSA) is 108 Å². The van der Waals surface area contributed by atoms with E-state index in [1.807, 2.05) is 6.07 Å². The van der Waals surface area contributed by atoms with E-state index < -0.39 is 41.7 Å². The number of rotatable bonds is 9. The van der Waals surface area contributed by atoms with Gasteiger partial charge in [0.05, 0.1) is 12.3 Å². The summed E-state index contributed by atoms with van der Waals surface area (Å²) in [4.78, 5) is 41.1. The van der Waals surface area contributed by atoms with Gasteiger partial charge in [0.1, 0.15) is 30.3 Å². The molecule has 1 saturated heterocycles. The minimum absolute atomic E-state index is 0.118. The van der Waals surface area contributed by atoms with E-state index in [4.69, 9.17) is 16.3 Å². The highest BCUT2D eigenvalue weighted by atomic mass is 19.1. The summed E-state index contributed by atoms with van der Waals surface area (Å²) in [5.74, 6) is 0.106. The van der Waals surface area contributed by atoms with Crippen molar-refractivity contribution in [3.63, 3.8) is 0 Å². The van der Waals surface area contributed by atoms with Gasteiger partial charge in [-0.2, -0.15) is 0 Å². The van der Waals surface area contributed by atoms with Crippen molar-refractivity contribution in [3.05, 3.63) is 95.3 Å². The third-order valence-corrected chi connectivity index (χ3v) is 6.28. The van der Waals surface area contributed by atoms with Crippen LogP contribution in [0.4, 0.5) is 14.9 Å². The van der Waals surface area contributed by atoms with Gasteiger partial charge in [-0.1, -0.05) is 55.3 Å². The third-order valence-electron chi connectivity index (χ3n) is 6.28. The number of ether oxygens (including phenoxy) is 1. The Morgan fingerprint density at radius 2 is 1.87 bits per heavy atom. The lowest BCUT2D eigenvalue weighted by Gasteiger charge is -2.30. The molecule has 194 valence electrons. The highest BCUT2D eigenvalue weighted by Gasteiger charge is 2.47. The molecule has 8 nitrogen and oxygen atoms in total. The molecule has 3 N–H and O–H groups in total. The number of nitrogens with zero attached hydrogens (tertiary/aromatic N) is 1. The van der Waals surface area contributed by atoms with Gasteiger partial charge in [-0.25, -0.2) is 14.1 Å². The average Bonchev–Trinajstić information content (AvgIpc) is 3.22. The summed E-state index contributed by atoms with van der Waals surface area (Å²) in [6.45, 7) is 1.69. The Bertz CT molecular complexity index is 1370. The molecule has 1 unspecified atom stereocenters. The molecule has 0 radical (unpaired) electrons. The standard InChI is InChI=1S/C29H26FN3O5/c1-3-19-9-14-24(23(30)17-19)31-27(35)26(18(2)20-7-5-4-6-8-20)33-28(36)25(32-29(33)37)21-10-12-22(13-11-21)38-16-15-34/h1,4-14,17-18,25-26,34H,15-16H2,2H3,(H,31,35)(H,32,37)/t18-,25+,26?/m0/s1. The zero-order valence-electron chi connectivity index (χ0n) is 20.6. The minimum Gasteiger partial charge on any atom is -0.491 e. The molecular weight excluding hydrogens is 489 g/mol. The van der Waals surface area contributed by atoms with Crippen LogP contribution in [0.1, 0.15) is 35.6 Å². The van der Waals surface area contributed by atoms with E-state index in [-0.39, 0.29) is 18.9 Å². The molecule has 3 aromatic carbocycles. The fourth-order valence-electron chi connectivity index (χ4n) is 4.32. The highest BCUT2D eigenvalue weighted by Crippen LogP contribution is 2.32. The molecule has 0 spiro atoms. The molecule has 0 aromatic heterocycles. The lowest BCUT2D eigenvalue weighted by atomic mass is 9.91. The molecular formula is C29H26FN3O5. The normalized spacial score (nSPS) is 16.4. The van der Waals surface area contributed by atoms with Crippen LogP contribution in [-0.4, -0.2) is 47.1 Å². The maximum absolute atomic E-state index is 14.6. The Labute approximate surface area is 219 Å². The van der Waals surface area contributed by atoms with Crippen LogP contribution in [0.3, 0.4) is 0 Å². The molecule has 38 heavy (non-hydrogen) atoms. The van der Waals surface area contributed by atoms with Crippen molar-refractivity contribution in [2.75, 3.05) is 18.5 Å². The van der Waals surface area contributed by atoms with Crippen LogP contribution in [0.25, 0.3) is 0 Å². The number of imide groups is 1. The van der Waals surface area contributed by atoms with Crippen molar-refractivity contribution < 1.29 is 28.6 Å². The van der Waals surface area contributed by atoms with Crippen LogP contribution in [0.15, 0.2) is 72.8 Å². The largest absolute Gasteiger partial charge is 0.491 e. The molecule has 1 aliphatic heterocycles. The van der Waals surface area contributed by atoms with Gasteiger partial charge in [0, 0.05) is 11.5 Å². The third kappa shape index (κ3) is 5.51. The van der Waals surface area contributed by atoms with Crippen LogP contribution in [0, 0.1) is 18.2 Å². The molecule has 1 aliphatic rings. The van der Waals surface area contributed by atoms with Crippen LogP contribution in [0.5, 0.6) is 5.75 Å². The number of aliphatic hydroxyl groups is 1. The Kier molecular flexibility index (Phi) is 8.04. The fraction of sp³-hybridized carbons (Fsp3) is 0.207. The number of amides is 4. The van der Waals surface area contributed by atoms with Crippen molar-refractivity contribution in [1.82, 2.24) is 10.2 Å². The number of aliphatic hydroxyl groups excluding tert-OH is 1. The molecule has 4 amide bonds. The van der Waals surface area contributed by atoms with Crippen molar-refractivity contribution in [1.29, 1.82) is 0 Å². The fourth-order valence-corrected chi connectivity index (χ4v) is 4.32. The summed E-state index contributed by atoms with van der Waals surface area (Å²) in [7, 11) is 0. The summed E-state index contributed by atoms with van der Waals surface area (Å²) >= 11 is 0. The van der Waals surface area contributed by atoms with E-state index in [0.29, 0.717) is 22.4 Å². The van der Waals surface area contributed by atoms with Gasteiger partial charge >= 0.3 is 6.03 Å². The maximum atomic E-state index is 14.6. The molecule has 1 fully saturated rings. The van der Waals surface area contributed by atoms with Gasteiger partial charge in [-0.3, -0.25) is 9.59 Å². The Balaban J connectivity index is 1.64. The van der Waals surface area contributed by atoms with Crippen LogP contribution >= 0.6 is 0 Å². The Hall–Kier alpha value is -4.68. The molecule has 0 bridgehead atoms. The van der Waals surface area contributed by atoms with Crippen LogP contribution in [-0.2, 0) is 9.59 Å². The predicted octanol–water partition coefficient (Wildman–Crippen LogP) is 3.58. The number of terminal acetylenes is 1. The first-order valence-corrected chi connectivity index (χ1v) is 11.9. The van der Waals surface area contributed by atoms with Crippen molar-refractivity contribution >= 4 is 23.5 Å². The second-order valence-electron chi connectivity index (χ2n) is 8.70. The van der Waals surface area contributed by atoms with Crippen LogP contribution < -0.4 is 15.4 Å². The number of carbonyl (C=O) groups is 3. The van der Waals surface area contributed by atoms with Gasteiger partial charge in [-0.15, -0.1) is 6.42 Å². The summed E-state index contributed by atoms with van der Waals surface area (Å²) in [5, 5.41) is 14.1. The van der Waals surface area contributed by atoms with Gasteiger partial charge in [0.15, 0.2) is 0 Å². The molecule has 1 heterocycles. The van der Waals surface area contributed by atoms with Gasteiger partial charge in [0.2, 0.25) is 5.91 Å². The van der Waals surface area contributed by atoms with Crippen molar-refractivity contribution in [3.8, 4) is 18.1 Å². The number of urea groups is 1. The number of anilines is 1. The number of carbonyl (C=O) groups excluding carboxylic acids is 3. The van der Waals surface area contributed by atoms with Crippen molar-refractivity contribution in [2.24, 2.45) is 0 Å². The highest BCUT2D eigenvalue weighted by molar-refractivity contribution is 6.10. The quantitative estimate of drug-likeness (QED) is 0.298. The summed E-state index contributed by atoms with van der Waals surface area (Å²) < 4.78 is 20.0. The Morgan fingerprint density at radius 1 is 1.16 bits per heavy atom. The lowest BCUT2D eigenvalue weighted by molar-refractivity contribution is -0.134. The van der Waals surface area contributed by atoms with E-state index >= 15 is 0 Å². The summed E-state index contributed by atoms with van der Waals surface area (Å²) in [6, 6.07) is 16.3. The number of nitrogens with one attached hydrogen (secondary N) is 2. The first-order chi connectivity index (χ1) is 18.3. The van der Waals surface area contributed by atoms with E-state index in [2.05, 4.69) is 16.6 Å². The van der Waals surface area contributed by atoms with Crippen molar-refractivity contribution in [2.45, 2.75) is 24.9 Å². The van der Waals surface area contributed by atoms with E-state index in [9.17, 15) is 18.8 Å². The first kappa shape index (κ1) is 26.4. The van der Waals surface area contributed by atoms with Gasteiger partial charge < -0.3 is 20.5 Å². The molecule has 4 rings (SSSR count). The monoisotopic (exact) mass is 515 g/mol. The predicted molar refractivity (Wildman–Crippen MR) is 139 cm³/mol. The second-order valence-corrected chi connectivity index (χ2v) is 8.70. The Morgan fingerprint density at radius 3 is 2.50 bits per heavy atom. The van der Waals surface area contributed by atoms with E-state index in [1.54, 1.807) is 55.5 Å².